The van der Waals surface area contributed by atoms with E-state index in [1.807, 2.05) is 0 Å². The van der Waals surface area contributed by atoms with Gasteiger partial charge in [-0.15, -0.1) is 0 Å². The van der Waals surface area contributed by atoms with E-state index in [1.165, 1.54) is 12.1 Å². The minimum atomic E-state index is 1.10. The van der Waals surface area contributed by atoms with Crippen LogP contribution in [0.2, 0.25) is 0 Å². The van der Waals surface area contributed by atoms with E-state index in [-0.39, 0.29) is 0 Å². The van der Waals surface area contributed by atoms with Crippen molar-refractivity contribution in [3.05, 3.63) is 11.8 Å². The Morgan fingerprint density at radius 2 is 2.11 bits per heavy atom. The first-order valence-corrected chi connectivity index (χ1v) is 3.74. The predicted molar refractivity (Wildman–Crippen MR) is 42.3 cm³/mol. The van der Waals surface area contributed by atoms with E-state index in [9.17, 15) is 0 Å². The van der Waals surface area contributed by atoms with E-state index >= 15 is 0 Å². The third kappa shape index (κ3) is 4.07. The molecule has 0 saturated carbocycles. The van der Waals surface area contributed by atoms with E-state index in [4.69, 9.17) is 0 Å². The van der Waals surface area contributed by atoms with Crippen molar-refractivity contribution in [3.8, 4) is 0 Å². The summed E-state index contributed by atoms with van der Waals surface area (Å²) in [5, 5.41) is 3.33. The second-order valence-corrected chi connectivity index (χ2v) is 2.09. The first kappa shape index (κ1) is 8.54. The molecule has 54 valence electrons. The molecular formula is C8H17N. The summed E-state index contributed by atoms with van der Waals surface area (Å²) in [5.74, 6) is 0. The normalized spacial score (nSPS) is 11.7. The van der Waals surface area contributed by atoms with Gasteiger partial charge >= 0.3 is 0 Å². The van der Waals surface area contributed by atoms with Gasteiger partial charge in [0.25, 0.3) is 0 Å². The molecular weight excluding hydrogens is 110 g/mol. The number of rotatable bonds is 4. The molecule has 0 atom stereocenters. The third-order valence-corrected chi connectivity index (χ3v) is 1.33. The molecule has 1 N–H and O–H groups in total. The molecule has 0 radical (unpaired) electrons. The lowest BCUT2D eigenvalue weighted by molar-refractivity contribution is 0.740. The molecule has 1 heteroatoms. The van der Waals surface area contributed by atoms with Crippen LogP contribution < -0.4 is 5.32 Å². The molecule has 0 aromatic carbocycles. The third-order valence-electron chi connectivity index (χ3n) is 1.33. The van der Waals surface area contributed by atoms with Crippen molar-refractivity contribution >= 4 is 0 Å². The highest BCUT2D eigenvalue weighted by atomic mass is 14.9. The minimum Gasteiger partial charge on any atom is -0.389 e. The number of allylic oxidation sites excluding steroid dienone is 2. The molecule has 0 unspecified atom stereocenters. The summed E-state index contributed by atoms with van der Waals surface area (Å²) in [4.78, 5) is 0. The van der Waals surface area contributed by atoms with Crippen molar-refractivity contribution in [1.82, 2.24) is 5.32 Å². The summed E-state index contributed by atoms with van der Waals surface area (Å²) in [7, 11) is 0. The van der Waals surface area contributed by atoms with Crippen LogP contribution in [0.15, 0.2) is 11.8 Å². The summed E-state index contributed by atoms with van der Waals surface area (Å²) in [6, 6.07) is 0. The molecule has 0 rings (SSSR count). The Labute approximate surface area is 58.2 Å². The van der Waals surface area contributed by atoms with Gasteiger partial charge in [-0.3, -0.25) is 0 Å². The Bertz CT molecular complexity index is 84.6. The van der Waals surface area contributed by atoms with Gasteiger partial charge in [-0.1, -0.05) is 19.9 Å². The van der Waals surface area contributed by atoms with E-state index in [1.54, 1.807) is 0 Å². The van der Waals surface area contributed by atoms with Crippen molar-refractivity contribution in [2.24, 2.45) is 0 Å². The van der Waals surface area contributed by atoms with Gasteiger partial charge in [-0.2, -0.15) is 0 Å². The zero-order chi connectivity index (χ0) is 7.11. The SMILES string of the molecule is C/C=C(\CC)NCCC. The van der Waals surface area contributed by atoms with Crippen LogP contribution >= 0.6 is 0 Å². The molecule has 0 aliphatic carbocycles. The van der Waals surface area contributed by atoms with Gasteiger partial charge in [-0.05, 0) is 19.8 Å². The van der Waals surface area contributed by atoms with Crippen molar-refractivity contribution in [2.45, 2.75) is 33.6 Å². The van der Waals surface area contributed by atoms with E-state index in [0.29, 0.717) is 0 Å². The lowest BCUT2D eigenvalue weighted by Gasteiger charge is -2.05. The van der Waals surface area contributed by atoms with Gasteiger partial charge in [0.1, 0.15) is 0 Å². The highest BCUT2D eigenvalue weighted by Crippen LogP contribution is 1.93. The van der Waals surface area contributed by atoms with E-state index < -0.39 is 0 Å². The molecule has 0 fully saturated rings. The monoisotopic (exact) mass is 127 g/mol. The summed E-state index contributed by atoms with van der Waals surface area (Å²) < 4.78 is 0. The maximum absolute atomic E-state index is 3.33. The van der Waals surface area contributed by atoms with E-state index in [0.717, 1.165) is 13.0 Å². The van der Waals surface area contributed by atoms with E-state index in [2.05, 4.69) is 32.2 Å². The maximum Gasteiger partial charge on any atom is 0.0141 e. The van der Waals surface area contributed by atoms with Gasteiger partial charge in [0.15, 0.2) is 0 Å². The maximum atomic E-state index is 3.33. The largest absolute Gasteiger partial charge is 0.389 e. The van der Waals surface area contributed by atoms with Crippen LogP contribution in [0.3, 0.4) is 0 Å². The molecule has 0 aromatic heterocycles. The smallest absolute Gasteiger partial charge is 0.0141 e. The number of hydrogen-bond donors (Lipinski definition) is 1. The van der Waals surface area contributed by atoms with Crippen molar-refractivity contribution in [1.29, 1.82) is 0 Å². The Morgan fingerprint density at radius 1 is 1.44 bits per heavy atom. The molecule has 9 heavy (non-hydrogen) atoms. The fourth-order valence-corrected chi connectivity index (χ4v) is 0.717. The summed E-state index contributed by atoms with van der Waals surface area (Å²) in [6.07, 6.45) is 4.46. The van der Waals surface area contributed by atoms with Gasteiger partial charge in [0.2, 0.25) is 0 Å². The number of hydrogen-bond acceptors (Lipinski definition) is 1. The van der Waals surface area contributed by atoms with Crippen LogP contribution in [-0.2, 0) is 0 Å². The highest BCUT2D eigenvalue weighted by molar-refractivity contribution is 4.95. The molecule has 0 aliphatic rings. The molecule has 0 amide bonds. The van der Waals surface area contributed by atoms with Crippen molar-refractivity contribution < 1.29 is 0 Å². The lowest BCUT2D eigenvalue weighted by Crippen LogP contribution is -2.12. The standard InChI is InChI=1S/C8H17N/c1-4-7-9-8(5-2)6-3/h5,9H,4,6-7H2,1-3H3/b8-5+. The summed E-state index contributed by atoms with van der Waals surface area (Å²) >= 11 is 0. The second kappa shape index (κ2) is 5.67. The van der Waals surface area contributed by atoms with Gasteiger partial charge in [0, 0.05) is 12.2 Å². The van der Waals surface area contributed by atoms with Crippen LogP contribution in [-0.4, -0.2) is 6.54 Å². The Kier molecular flexibility index (Phi) is 5.38. The highest BCUT2D eigenvalue weighted by Gasteiger charge is 1.86. The van der Waals surface area contributed by atoms with Crippen LogP contribution in [0.1, 0.15) is 33.6 Å². The van der Waals surface area contributed by atoms with Gasteiger partial charge < -0.3 is 5.32 Å². The molecule has 1 nitrogen and oxygen atoms in total. The van der Waals surface area contributed by atoms with Crippen LogP contribution in [0, 0.1) is 0 Å². The first-order chi connectivity index (χ1) is 4.35. The van der Waals surface area contributed by atoms with Crippen LogP contribution in [0.5, 0.6) is 0 Å². The Balaban J connectivity index is 3.33. The summed E-state index contributed by atoms with van der Waals surface area (Å²) in [5.41, 5.74) is 1.36. The first-order valence-electron chi connectivity index (χ1n) is 3.74. The molecule has 0 aromatic rings. The topological polar surface area (TPSA) is 12.0 Å². The molecule has 0 bridgehead atoms. The minimum absolute atomic E-state index is 1.10. The Morgan fingerprint density at radius 3 is 2.44 bits per heavy atom. The molecule has 0 saturated heterocycles. The molecule has 0 spiro atoms. The quantitative estimate of drug-likeness (QED) is 0.611. The predicted octanol–water partition coefficient (Wildman–Crippen LogP) is 2.30. The lowest BCUT2D eigenvalue weighted by atomic mass is 10.3. The van der Waals surface area contributed by atoms with Crippen molar-refractivity contribution in [3.63, 3.8) is 0 Å². The zero-order valence-corrected chi connectivity index (χ0v) is 6.70. The molecule has 0 heterocycles. The fourth-order valence-electron chi connectivity index (χ4n) is 0.717. The number of nitrogens with one attached hydrogen (secondary N) is 1. The van der Waals surface area contributed by atoms with Gasteiger partial charge in [-0.25, -0.2) is 0 Å². The fraction of sp³-hybridized carbons (Fsp3) is 0.750. The summed E-state index contributed by atoms with van der Waals surface area (Å²) in [6.45, 7) is 7.52. The van der Waals surface area contributed by atoms with Gasteiger partial charge in [0.05, 0.1) is 0 Å². The van der Waals surface area contributed by atoms with Crippen LogP contribution in [0.25, 0.3) is 0 Å². The van der Waals surface area contributed by atoms with Crippen LogP contribution in [0.4, 0.5) is 0 Å². The zero-order valence-electron chi connectivity index (χ0n) is 6.70. The second-order valence-electron chi connectivity index (χ2n) is 2.09. The Hall–Kier alpha value is -0.460. The average molecular weight is 127 g/mol. The average Bonchev–Trinajstić information content (AvgIpc) is 1.91. The molecule has 0 aliphatic heterocycles. The van der Waals surface area contributed by atoms with Crippen molar-refractivity contribution in [2.75, 3.05) is 6.54 Å².